The van der Waals surface area contributed by atoms with Gasteiger partial charge in [0.25, 0.3) is 0 Å². The Labute approximate surface area is 156 Å². The van der Waals surface area contributed by atoms with Gasteiger partial charge < -0.3 is 20.5 Å². The molecule has 1 aliphatic rings. The highest BCUT2D eigenvalue weighted by Gasteiger charge is 2.34. The van der Waals surface area contributed by atoms with Crippen LogP contribution in [-0.2, 0) is 24.3 Å². The van der Waals surface area contributed by atoms with Crippen molar-refractivity contribution in [1.29, 1.82) is 0 Å². The van der Waals surface area contributed by atoms with Crippen LogP contribution in [0.4, 0.5) is 0 Å². The number of nitrogens with zero attached hydrogens (tertiary/aromatic N) is 1. The molecule has 3 N–H and O–H groups in total. The Kier molecular flexibility index (Phi) is 7.35. The maximum Gasteiger partial charge on any atom is 0.309 e. The first kappa shape index (κ1) is 20.6. The van der Waals surface area contributed by atoms with E-state index in [1.54, 1.807) is 0 Å². The maximum atomic E-state index is 12.8. The molecule has 0 aromatic heterocycles. The number of nitrogens with one attached hydrogen (secondary N) is 2. The minimum absolute atomic E-state index is 0.0523. The summed E-state index contributed by atoms with van der Waals surface area (Å²) in [4.78, 5) is 23.3. The molecule has 1 heterocycles. The van der Waals surface area contributed by atoms with Crippen molar-refractivity contribution < 1.29 is 27.9 Å². The van der Waals surface area contributed by atoms with Crippen LogP contribution >= 0.6 is 11.6 Å². The van der Waals surface area contributed by atoms with Gasteiger partial charge in [-0.25, -0.2) is 8.42 Å². The predicted octanol–water partition coefficient (Wildman–Crippen LogP) is -0.698. The first-order chi connectivity index (χ1) is 12.4. The number of halogens is 1. The van der Waals surface area contributed by atoms with Gasteiger partial charge in [-0.3, -0.25) is 9.59 Å². The number of rotatable bonds is 6. The molecule has 26 heavy (non-hydrogen) atoms. The lowest BCUT2D eigenvalue weighted by Gasteiger charge is -2.34. The fourth-order valence-corrected chi connectivity index (χ4v) is 4.05. The monoisotopic (exact) mass is 405 g/mol. The Morgan fingerprint density at radius 2 is 1.88 bits per heavy atom. The third-order valence-corrected chi connectivity index (χ3v) is 5.77. The molecule has 2 amide bonds. The molecule has 2 rings (SSSR count). The van der Waals surface area contributed by atoms with Crippen LogP contribution < -0.4 is 10.6 Å². The van der Waals surface area contributed by atoms with Crippen LogP contribution in [0.25, 0.3) is 0 Å². The third kappa shape index (κ3) is 5.15. The van der Waals surface area contributed by atoms with Gasteiger partial charge in [0.2, 0.25) is 10.0 Å². The minimum Gasteiger partial charge on any atom is -0.395 e. The smallest absolute Gasteiger partial charge is 0.309 e. The number of amides is 2. The van der Waals surface area contributed by atoms with Gasteiger partial charge in [-0.1, -0.05) is 11.6 Å². The molecule has 0 radical (unpaired) electrons. The minimum atomic E-state index is -3.85. The number of aliphatic hydroxyl groups excluding tert-OH is 1. The van der Waals surface area contributed by atoms with Gasteiger partial charge in [-0.05, 0) is 30.7 Å². The van der Waals surface area contributed by atoms with E-state index in [1.165, 1.54) is 24.3 Å². The fraction of sp³-hybridized carbons (Fsp3) is 0.467. The number of carbonyl (C=O) groups is 2. The predicted molar refractivity (Wildman–Crippen MR) is 92.8 cm³/mol. The summed E-state index contributed by atoms with van der Waals surface area (Å²) in [5.41, 5.74) is 0. The molecule has 11 heteroatoms. The molecule has 1 aromatic rings. The van der Waals surface area contributed by atoms with Crippen LogP contribution in [0.3, 0.4) is 0 Å². The highest BCUT2D eigenvalue weighted by molar-refractivity contribution is 7.89. The van der Waals surface area contributed by atoms with Gasteiger partial charge in [0.05, 0.1) is 24.7 Å². The number of carbonyl (C=O) groups excluding carboxylic acids is 2. The van der Waals surface area contributed by atoms with Crippen LogP contribution in [0.15, 0.2) is 29.2 Å². The summed E-state index contributed by atoms with van der Waals surface area (Å²) in [6.07, 6.45) is -0.423. The molecule has 1 aliphatic heterocycles. The first-order valence-electron chi connectivity index (χ1n) is 7.92. The summed E-state index contributed by atoms with van der Waals surface area (Å²) in [6, 6.07) is 5.73. The van der Waals surface area contributed by atoms with Crippen LogP contribution in [0.2, 0.25) is 5.02 Å². The molecule has 0 bridgehead atoms. The van der Waals surface area contributed by atoms with Crippen LogP contribution in [0.5, 0.6) is 0 Å². The lowest BCUT2D eigenvalue weighted by molar-refractivity contribution is -0.140. The van der Waals surface area contributed by atoms with Crippen molar-refractivity contribution in [2.24, 2.45) is 0 Å². The molecule has 1 aromatic carbocycles. The Morgan fingerprint density at radius 1 is 1.23 bits per heavy atom. The highest BCUT2D eigenvalue weighted by atomic mass is 35.5. The maximum absolute atomic E-state index is 12.8. The van der Waals surface area contributed by atoms with Gasteiger partial charge in [0.15, 0.2) is 0 Å². The zero-order valence-corrected chi connectivity index (χ0v) is 15.4. The van der Waals surface area contributed by atoms with Crippen molar-refractivity contribution in [2.75, 3.05) is 32.8 Å². The summed E-state index contributed by atoms with van der Waals surface area (Å²) in [5.74, 6) is -1.85. The number of benzene rings is 1. The van der Waals surface area contributed by atoms with E-state index in [-0.39, 0.29) is 31.1 Å². The SMILES string of the molecule is O=C(NCCO)C(=O)NC[C@@H]1OCCCN1S(=O)(=O)c1ccc(Cl)cc1. The molecular formula is C15H20ClN3O6S. The fourth-order valence-electron chi connectivity index (χ4n) is 2.35. The molecule has 1 atom stereocenters. The number of ether oxygens (including phenoxy) is 1. The molecular weight excluding hydrogens is 386 g/mol. The van der Waals surface area contributed by atoms with E-state index < -0.39 is 28.1 Å². The first-order valence-corrected chi connectivity index (χ1v) is 9.74. The summed E-state index contributed by atoms with van der Waals surface area (Å²) in [7, 11) is -3.85. The molecule has 144 valence electrons. The van der Waals surface area contributed by atoms with Crippen LogP contribution in [-0.4, -0.2) is 68.7 Å². The van der Waals surface area contributed by atoms with Crippen molar-refractivity contribution in [2.45, 2.75) is 17.5 Å². The van der Waals surface area contributed by atoms with E-state index in [1.807, 2.05) is 0 Å². The average Bonchev–Trinajstić information content (AvgIpc) is 2.64. The summed E-state index contributed by atoms with van der Waals surface area (Å²) in [6.45, 7) is 0.0331. The van der Waals surface area contributed by atoms with Gasteiger partial charge in [0, 0.05) is 18.1 Å². The molecule has 1 fully saturated rings. The second-order valence-corrected chi connectivity index (χ2v) is 7.77. The van der Waals surface area contributed by atoms with Crippen LogP contribution in [0.1, 0.15) is 6.42 Å². The Hall–Kier alpha value is -1.72. The average molecular weight is 406 g/mol. The van der Waals surface area contributed by atoms with Crippen molar-refractivity contribution in [1.82, 2.24) is 14.9 Å². The van der Waals surface area contributed by atoms with Crippen molar-refractivity contribution in [3.05, 3.63) is 29.3 Å². The number of hydrogen-bond acceptors (Lipinski definition) is 6. The third-order valence-electron chi connectivity index (χ3n) is 3.62. The Balaban J connectivity index is 2.06. The van der Waals surface area contributed by atoms with E-state index in [0.29, 0.717) is 18.1 Å². The zero-order chi connectivity index (χ0) is 19.2. The Bertz CT molecular complexity index is 740. The topological polar surface area (TPSA) is 125 Å². The second-order valence-electron chi connectivity index (χ2n) is 5.44. The number of hydrogen-bond donors (Lipinski definition) is 3. The number of sulfonamides is 1. The molecule has 0 spiro atoms. The van der Waals surface area contributed by atoms with Crippen molar-refractivity contribution >= 4 is 33.4 Å². The van der Waals surface area contributed by atoms with E-state index >= 15 is 0 Å². The lowest BCUT2D eigenvalue weighted by atomic mass is 10.3. The quantitative estimate of drug-likeness (QED) is 0.537. The van der Waals surface area contributed by atoms with E-state index in [0.717, 1.165) is 4.31 Å². The van der Waals surface area contributed by atoms with E-state index in [4.69, 9.17) is 21.4 Å². The van der Waals surface area contributed by atoms with Gasteiger partial charge in [0.1, 0.15) is 6.23 Å². The van der Waals surface area contributed by atoms with E-state index in [2.05, 4.69) is 10.6 Å². The normalized spacial score (nSPS) is 18.3. The van der Waals surface area contributed by atoms with Gasteiger partial charge >= 0.3 is 11.8 Å². The van der Waals surface area contributed by atoms with Crippen molar-refractivity contribution in [3.8, 4) is 0 Å². The molecule has 1 saturated heterocycles. The summed E-state index contributed by atoms with van der Waals surface area (Å²) >= 11 is 5.79. The summed E-state index contributed by atoms with van der Waals surface area (Å²) in [5, 5.41) is 13.6. The lowest BCUT2D eigenvalue weighted by Crippen LogP contribution is -2.53. The number of aliphatic hydroxyl groups is 1. The molecule has 0 aliphatic carbocycles. The second kappa shape index (κ2) is 9.28. The zero-order valence-electron chi connectivity index (χ0n) is 13.9. The largest absolute Gasteiger partial charge is 0.395 e. The molecule has 0 unspecified atom stereocenters. The van der Waals surface area contributed by atoms with Gasteiger partial charge in [-0.2, -0.15) is 4.31 Å². The highest BCUT2D eigenvalue weighted by Crippen LogP contribution is 2.23. The van der Waals surface area contributed by atoms with Crippen molar-refractivity contribution in [3.63, 3.8) is 0 Å². The van der Waals surface area contributed by atoms with E-state index in [9.17, 15) is 18.0 Å². The van der Waals surface area contributed by atoms with Gasteiger partial charge in [-0.15, -0.1) is 0 Å². The molecule has 0 saturated carbocycles. The Morgan fingerprint density at radius 3 is 2.54 bits per heavy atom. The summed E-state index contributed by atoms with van der Waals surface area (Å²) < 4.78 is 32.2. The molecule has 9 nitrogen and oxygen atoms in total. The standard InChI is InChI=1S/C15H20ClN3O6S/c16-11-2-4-12(5-3-11)26(23,24)19-7-1-9-25-13(19)10-18-15(22)14(21)17-6-8-20/h2-5,13,20H,1,6-10H2,(H,17,21)(H,18,22)/t13-/m0/s1. The van der Waals surface area contributed by atoms with Crippen LogP contribution in [0, 0.1) is 0 Å².